The number of nitrogens with zero attached hydrogens (tertiary/aromatic N) is 1. The first-order valence-corrected chi connectivity index (χ1v) is 6.06. The van der Waals surface area contributed by atoms with E-state index in [1.54, 1.807) is 0 Å². The lowest BCUT2D eigenvalue weighted by atomic mass is 10.1. The molecular formula is C12H18ClN3. The minimum Gasteiger partial charge on any atom is -0.388 e. The number of nitrogens with one attached hydrogen (secondary N) is 2. The molecule has 0 amide bonds. The van der Waals surface area contributed by atoms with Gasteiger partial charge in [0.05, 0.1) is 0 Å². The highest BCUT2D eigenvalue weighted by atomic mass is 35.5. The standard InChI is InChI=1S/C12H18ClN3/c1-14-11-2-3-12(13)10(8-11)9-16-6-4-15-5-7-16/h2-3,8,14-15H,4-7,9H2,1H3. The van der Waals surface area contributed by atoms with E-state index < -0.39 is 0 Å². The molecule has 0 aliphatic carbocycles. The SMILES string of the molecule is CNc1ccc(Cl)c(CN2CCNCC2)c1. The van der Waals surface area contributed by atoms with Crippen molar-refractivity contribution in [1.29, 1.82) is 0 Å². The molecule has 88 valence electrons. The van der Waals surface area contributed by atoms with Gasteiger partial charge in [-0.25, -0.2) is 0 Å². The lowest BCUT2D eigenvalue weighted by Crippen LogP contribution is -2.42. The molecule has 0 atom stereocenters. The Kier molecular flexibility index (Phi) is 4.04. The molecule has 2 N–H and O–H groups in total. The fourth-order valence-electron chi connectivity index (χ4n) is 1.96. The van der Waals surface area contributed by atoms with Gasteiger partial charge >= 0.3 is 0 Å². The fourth-order valence-corrected chi connectivity index (χ4v) is 2.14. The molecule has 3 nitrogen and oxygen atoms in total. The number of anilines is 1. The molecule has 1 aliphatic heterocycles. The van der Waals surface area contributed by atoms with Crippen molar-refractivity contribution in [3.63, 3.8) is 0 Å². The van der Waals surface area contributed by atoms with Crippen LogP contribution in [0.1, 0.15) is 5.56 Å². The minimum absolute atomic E-state index is 0.859. The van der Waals surface area contributed by atoms with Gasteiger partial charge in [0.15, 0.2) is 0 Å². The normalized spacial score (nSPS) is 17.4. The monoisotopic (exact) mass is 239 g/mol. The predicted octanol–water partition coefficient (Wildman–Crippen LogP) is 1.79. The molecule has 1 aliphatic rings. The molecule has 1 aromatic carbocycles. The molecule has 1 fully saturated rings. The summed E-state index contributed by atoms with van der Waals surface area (Å²) in [6.07, 6.45) is 0. The molecule has 2 rings (SSSR count). The molecule has 1 saturated heterocycles. The van der Waals surface area contributed by atoms with Crippen molar-refractivity contribution < 1.29 is 0 Å². The molecule has 16 heavy (non-hydrogen) atoms. The van der Waals surface area contributed by atoms with Gasteiger partial charge in [-0.15, -0.1) is 0 Å². The summed E-state index contributed by atoms with van der Waals surface area (Å²) < 4.78 is 0. The average molecular weight is 240 g/mol. The van der Waals surface area contributed by atoms with Gasteiger partial charge in [-0.05, 0) is 23.8 Å². The van der Waals surface area contributed by atoms with E-state index in [9.17, 15) is 0 Å². The highest BCUT2D eigenvalue weighted by Gasteiger charge is 2.11. The summed E-state index contributed by atoms with van der Waals surface area (Å²) in [6, 6.07) is 6.10. The van der Waals surface area contributed by atoms with Crippen LogP contribution in [0.25, 0.3) is 0 Å². The van der Waals surface area contributed by atoms with Gasteiger partial charge in [-0.3, -0.25) is 4.90 Å². The van der Waals surface area contributed by atoms with E-state index in [-0.39, 0.29) is 0 Å². The van der Waals surface area contributed by atoms with Crippen molar-refractivity contribution in [3.8, 4) is 0 Å². The van der Waals surface area contributed by atoms with Crippen LogP contribution in [0, 0.1) is 0 Å². The quantitative estimate of drug-likeness (QED) is 0.842. The van der Waals surface area contributed by atoms with Gasteiger partial charge < -0.3 is 10.6 Å². The Hall–Kier alpha value is -0.770. The topological polar surface area (TPSA) is 27.3 Å². The lowest BCUT2D eigenvalue weighted by molar-refractivity contribution is 0.233. The molecule has 4 heteroatoms. The molecule has 0 bridgehead atoms. The van der Waals surface area contributed by atoms with E-state index in [4.69, 9.17) is 11.6 Å². The van der Waals surface area contributed by atoms with Crippen LogP contribution in [0.5, 0.6) is 0 Å². The fraction of sp³-hybridized carbons (Fsp3) is 0.500. The number of piperazine rings is 1. The van der Waals surface area contributed by atoms with Gasteiger partial charge in [0.25, 0.3) is 0 Å². The van der Waals surface area contributed by atoms with Crippen LogP contribution >= 0.6 is 11.6 Å². The summed E-state index contributed by atoms with van der Waals surface area (Å²) in [6.45, 7) is 5.28. The van der Waals surface area contributed by atoms with Crippen molar-refractivity contribution in [3.05, 3.63) is 28.8 Å². The van der Waals surface area contributed by atoms with Gasteiger partial charge in [-0.2, -0.15) is 0 Å². The van der Waals surface area contributed by atoms with Crippen LogP contribution in [0.3, 0.4) is 0 Å². The average Bonchev–Trinajstić information content (AvgIpc) is 2.33. The van der Waals surface area contributed by atoms with Gasteiger partial charge in [0.2, 0.25) is 0 Å². The van der Waals surface area contributed by atoms with Gasteiger partial charge in [0.1, 0.15) is 0 Å². The van der Waals surface area contributed by atoms with Gasteiger partial charge in [-0.1, -0.05) is 11.6 Å². The Morgan fingerprint density at radius 1 is 1.38 bits per heavy atom. The molecule has 0 radical (unpaired) electrons. The third-order valence-corrected chi connectivity index (χ3v) is 3.31. The maximum absolute atomic E-state index is 6.20. The summed E-state index contributed by atoms with van der Waals surface area (Å²) in [5.41, 5.74) is 2.32. The van der Waals surface area contributed by atoms with Crippen LogP contribution in [0.2, 0.25) is 5.02 Å². The summed E-state index contributed by atoms with van der Waals surface area (Å²) in [5, 5.41) is 7.35. The Morgan fingerprint density at radius 2 is 2.12 bits per heavy atom. The first-order chi connectivity index (χ1) is 7.79. The van der Waals surface area contributed by atoms with Crippen LogP contribution in [0.15, 0.2) is 18.2 Å². The van der Waals surface area contributed by atoms with Crippen LogP contribution in [0.4, 0.5) is 5.69 Å². The number of rotatable bonds is 3. The highest BCUT2D eigenvalue weighted by molar-refractivity contribution is 6.31. The Labute approximate surface area is 102 Å². The van der Waals surface area contributed by atoms with Gasteiger partial charge in [0, 0.05) is 50.5 Å². The zero-order valence-electron chi connectivity index (χ0n) is 9.59. The maximum Gasteiger partial charge on any atom is 0.0452 e. The van der Waals surface area contributed by atoms with E-state index in [1.165, 1.54) is 5.56 Å². The minimum atomic E-state index is 0.859. The largest absolute Gasteiger partial charge is 0.388 e. The molecule has 0 saturated carbocycles. The van der Waals surface area contributed by atoms with Crippen molar-refractivity contribution >= 4 is 17.3 Å². The summed E-state index contributed by atoms with van der Waals surface area (Å²) in [5.74, 6) is 0. The first-order valence-electron chi connectivity index (χ1n) is 5.69. The number of hydrogen-bond donors (Lipinski definition) is 2. The molecular weight excluding hydrogens is 222 g/mol. The zero-order valence-corrected chi connectivity index (χ0v) is 10.3. The van der Waals surface area contributed by atoms with Crippen molar-refractivity contribution in [2.24, 2.45) is 0 Å². The smallest absolute Gasteiger partial charge is 0.0452 e. The Balaban J connectivity index is 2.06. The number of hydrogen-bond acceptors (Lipinski definition) is 3. The number of halogens is 1. The molecule has 0 spiro atoms. The molecule has 1 aromatic rings. The van der Waals surface area contributed by atoms with E-state index in [2.05, 4.69) is 21.6 Å². The van der Waals surface area contributed by atoms with E-state index in [0.29, 0.717) is 0 Å². The number of benzene rings is 1. The lowest BCUT2D eigenvalue weighted by Gasteiger charge is -2.27. The summed E-state index contributed by atoms with van der Waals surface area (Å²) in [7, 11) is 1.93. The molecule has 1 heterocycles. The second-order valence-corrected chi connectivity index (χ2v) is 4.49. The highest BCUT2D eigenvalue weighted by Crippen LogP contribution is 2.21. The van der Waals surface area contributed by atoms with Crippen LogP contribution < -0.4 is 10.6 Å². The summed E-state index contributed by atoms with van der Waals surface area (Å²) in [4.78, 5) is 2.43. The van der Waals surface area contributed by atoms with Crippen LogP contribution in [-0.4, -0.2) is 38.1 Å². The van der Waals surface area contributed by atoms with Crippen molar-refractivity contribution in [1.82, 2.24) is 10.2 Å². The maximum atomic E-state index is 6.20. The molecule has 0 unspecified atom stereocenters. The zero-order chi connectivity index (χ0) is 11.4. The Morgan fingerprint density at radius 3 is 2.81 bits per heavy atom. The second-order valence-electron chi connectivity index (χ2n) is 4.08. The summed E-state index contributed by atoms with van der Waals surface area (Å²) >= 11 is 6.20. The van der Waals surface area contributed by atoms with Crippen molar-refractivity contribution in [2.45, 2.75) is 6.54 Å². The van der Waals surface area contributed by atoms with E-state index >= 15 is 0 Å². The first kappa shape index (κ1) is 11.7. The third kappa shape index (κ3) is 2.88. The second kappa shape index (κ2) is 5.53. The molecule has 0 aromatic heterocycles. The van der Waals surface area contributed by atoms with E-state index in [1.807, 2.05) is 19.2 Å². The third-order valence-electron chi connectivity index (χ3n) is 2.94. The Bertz CT molecular complexity index is 348. The van der Waals surface area contributed by atoms with Crippen molar-refractivity contribution in [2.75, 3.05) is 38.5 Å². The van der Waals surface area contributed by atoms with E-state index in [0.717, 1.165) is 43.4 Å². The predicted molar refractivity (Wildman–Crippen MR) is 69.1 cm³/mol. The van der Waals surface area contributed by atoms with Crippen LogP contribution in [-0.2, 0) is 6.54 Å².